The van der Waals surface area contributed by atoms with Crippen molar-refractivity contribution in [3.05, 3.63) is 29.8 Å². The normalized spacial score (nSPS) is 21.4. The number of carbonyl (C=O) groups is 2. The van der Waals surface area contributed by atoms with E-state index in [4.69, 9.17) is 4.74 Å². The van der Waals surface area contributed by atoms with Gasteiger partial charge in [0.2, 0.25) is 10.0 Å². The zero-order valence-electron chi connectivity index (χ0n) is 16.4. The predicted octanol–water partition coefficient (Wildman–Crippen LogP) is 1.64. The maximum Gasteiger partial charge on any atom is 0.324 e. The van der Waals surface area contributed by atoms with Crippen molar-refractivity contribution in [1.82, 2.24) is 9.62 Å². The summed E-state index contributed by atoms with van der Waals surface area (Å²) in [4.78, 5) is 24.8. The van der Waals surface area contributed by atoms with Gasteiger partial charge in [0.25, 0.3) is 5.91 Å². The average Bonchev–Trinajstić information content (AvgIpc) is 3.37. The molecule has 3 rings (SSSR count). The van der Waals surface area contributed by atoms with Gasteiger partial charge in [-0.15, -0.1) is 0 Å². The molecule has 1 heterocycles. The number of nitriles is 1. The number of benzene rings is 1. The first-order chi connectivity index (χ1) is 13.8. The molecule has 1 amide bonds. The van der Waals surface area contributed by atoms with Crippen molar-refractivity contribution in [2.45, 2.75) is 61.9 Å². The Morgan fingerprint density at radius 1 is 1.24 bits per heavy atom. The molecular weight excluding hydrogens is 394 g/mol. The third-order valence-electron chi connectivity index (χ3n) is 5.50. The van der Waals surface area contributed by atoms with Crippen LogP contribution in [0.15, 0.2) is 29.2 Å². The fraction of sp³-hybridized carbons (Fsp3) is 0.550. The minimum atomic E-state index is -3.83. The quantitative estimate of drug-likeness (QED) is 0.701. The first kappa shape index (κ1) is 21.3. The summed E-state index contributed by atoms with van der Waals surface area (Å²) in [6, 6.07) is 7.62. The molecule has 0 radical (unpaired) electrons. The second kappa shape index (κ2) is 8.51. The van der Waals surface area contributed by atoms with Gasteiger partial charge in [0.15, 0.2) is 6.61 Å². The summed E-state index contributed by atoms with van der Waals surface area (Å²) < 4.78 is 32.1. The minimum Gasteiger partial charge on any atom is -0.454 e. The Balaban J connectivity index is 1.62. The van der Waals surface area contributed by atoms with Crippen LogP contribution in [0, 0.1) is 18.3 Å². The van der Waals surface area contributed by atoms with E-state index in [-0.39, 0.29) is 11.4 Å². The highest BCUT2D eigenvalue weighted by molar-refractivity contribution is 7.89. The van der Waals surface area contributed by atoms with Crippen LogP contribution in [-0.4, -0.2) is 49.3 Å². The van der Waals surface area contributed by atoms with Crippen LogP contribution in [0.1, 0.15) is 44.1 Å². The van der Waals surface area contributed by atoms with E-state index in [1.54, 1.807) is 12.1 Å². The monoisotopic (exact) mass is 419 g/mol. The fourth-order valence-corrected chi connectivity index (χ4v) is 5.53. The molecule has 1 N–H and O–H groups in total. The van der Waals surface area contributed by atoms with Crippen molar-refractivity contribution in [2.75, 3.05) is 13.2 Å². The lowest BCUT2D eigenvalue weighted by Crippen LogP contribution is -2.47. The molecule has 9 heteroatoms. The van der Waals surface area contributed by atoms with Gasteiger partial charge >= 0.3 is 5.97 Å². The van der Waals surface area contributed by atoms with E-state index >= 15 is 0 Å². The van der Waals surface area contributed by atoms with Crippen molar-refractivity contribution >= 4 is 21.9 Å². The van der Waals surface area contributed by atoms with Crippen LogP contribution in [0.5, 0.6) is 0 Å². The van der Waals surface area contributed by atoms with Crippen LogP contribution in [0.25, 0.3) is 0 Å². The molecule has 156 valence electrons. The van der Waals surface area contributed by atoms with Crippen LogP contribution < -0.4 is 5.32 Å². The van der Waals surface area contributed by atoms with Gasteiger partial charge in [-0.2, -0.15) is 9.57 Å². The summed E-state index contributed by atoms with van der Waals surface area (Å²) in [5, 5.41) is 12.0. The molecule has 1 atom stereocenters. The number of esters is 1. The molecule has 1 aliphatic heterocycles. The fourth-order valence-electron chi connectivity index (χ4n) is 3.89. The maximum absolute atomic E-state index is 12.9. The third kappa shape index (κ3) is 4.60. The molecule has 2 aliphatic rings. The molecule has 8 nitrogen and oxygen atoms in total. The molecule has 1 saturated carbocycles. The van der Waals surface area contributed by atoms with Crippen LogP contribution in [0.3, 0.4) is 0 Å². The number of aryl methyl sites for hydroxylation is 1. The van der Waals surface area contributed by atoms with E-state index in [9.17, 15) is 23.3 Å². The Kier molecular flexibility index (Phi) is 6.24. The molecule has 0 bridgehead atoms. The lowest BCUT2D eigenvalue weighted by atomic mass is 10.00. The number of rotatable bonds is 6. The topological polar surface area (TPSA) is 117 Å². The van der Waals surface area contributed by atoms with Gasteiger partial charge in [0, 0.05) is 6.54 Å². The summed E-state index contributed by atoms with van der Waals surface area (Å²) in [5.74, 6) is -1.29. The molecule has 1 aliphatic carbocycles. The molecule has 29 heavy (non-hydrogen) atoms. The van der Waals surface area contributed by atoms with Gasteiger partial charge in [0.05, 0.1) is 11.0 Å². The van der Waals surface area contributed by atoms with Gasteiger partial charge in [-0.3, -0.25) is 9.59 Å². The van der Waals surface area contributed by atoms with Crippen molar-refractivity contribution in [1.29, 1.82) is 5.26 Å². The predicted molar refractivity (Wildman–Crippen MR) is 104 cm³/mol. The van der Waals surface area contributed by atoms with E-state index in [1.165, 1.54) is 12.1 Å². The van der Waals surface area contributed by atoms with Crippen LogP contribution in [-0.2, 0) is 24.3 Å². The number of nitrogens with one attached hydrogen (secondary N) is 1. The Morgan fingerprint density at radius 3 is 2.52 bits per heavy atom. The highest BCUT2D eigenvalue weighted by Crippen LogP contribution is 2.29. The molecule has 1 aromatic rings. The molecular formula is C20H25N3O5S. The number of ether oxygens (including phenoxy) is 1. The largest absolute Gasteiger partial charge is 0.454 e. The second-order valence-electron chi connectivity index (χ2n) is 7.64. The summed E-state index contributed by atoms with van der Waals surface area (Å²) in [6.07, 6.45) is 3.76. The summed E-state index contributed by atoms with van der Waals surface area (Å²) in [7, 11) is -3.83. The molecule has 2 fully saturated rings. The van der Waals surface area contributed by atoms with Crippen molar-refractivity contribution in [3.63, 3.8) is 0 Å². The van der Waals surface area contributed by atoms with Crippen LogP contribution in [0.4, 0.5) is 0 Å². The lowest BCUT2D eigenvalue weighted by Gasteiger charge is -2.24. The number of carbonyl (C=O) groups excluding carboxylic acids is 2. The third-order valence-corrected chi connectivity index (χ3v) is 7.42. The lowest BCUT2D eigenvalue weighted by molar-refractivity contribution is -0.152. The van der Waals surface area contributed by atoms with E-state index in [0.29, 0.717) is 25.7 Å². The van der Waals surface area contributed by atoms with Crippen LogP contribution in [0.2, 0.25) is 0 Å². The van der Waals surface area contributed by atoms with Crippen molar-refractivity contribution in [2.24, 2.45) is 0 Å². The summed E-state index contributed by atoms with van der Waals surface area (Å²) >= 11 is 0. The van der Waals surface area contributed by atoms with E-state index in [2.05, 4.69) is 11.4 Å². The number of hydrogen-bond acceptors (Lipinski definition) is 6. The average molecular weight is 420 g/mol. The number of amides is 1. The number of nitrogens with zero attached hydrogens (tertiary/aromatic N) is 2. The smallest absolute Gasteiger partial charge is 0.324 e. The van der Waals surface area contributed by atoms with E-state index in [0.717, 1.165) is 22.7 Å². The molecule has 1 aromatic carbocycles. The Morgan fingerprint density at radius 2 is 1.90 bits per heavy atom. The minimum absolute atomic E-state index is 0.123. The number of hydrogen-bond donors (Lipinski definition) is 1. The SMILES string of the molecule is Cc1ccc(S(=O)(=O)N2CCC[C@H]2C(=O)OCC(=O)NC2(C#N)CCCC2)cc1. The van der Waals surface area contributed by atoms with Crippen molar-refractivity contribution in [3.8, 4) is 6.07 Å². The van der Waals surface area contributed by atoms with Crippen molar-refractivity contribution < 1.29 is 22.7 Å². The standard InChI is InChI=1S/C20H25N3O5S/c1-15-6-8-16(9-7-15)29(26,27)23-12-4-5-17(23)19(25)28-13-18(24)22-20(14-21)10-2-3-11-20/h6-9,17H,2-5,10-13H2,1H3,(H,22,24)/t17-/m0/s1. The van der Waals surface area contributed by atoms with E-state index < -0.39 is 40.1 Å². The van der Waals surface area contributed by atoms with Gasteiger partial charge in [-0.1, -0.05) is 17.7 Å². The molecule has 0 spiro atoms. The highest BCUT2D eigenvalue weighted by Gasteiger charge is 2.41. The zero-order chi connectivity index (χ0) is 21.1. The highest BCUT2D eigenvalue weighted by atomic mass is 32.2. The molecule has 0 aromatic heterocycles. The summed E-state index contributed by atoms with van der Waals surface area (Å²) in [5.41, 5.74) is 0.0437. The number of sulfonamides is 1. The molecule has 1 saturated heterocycles. The zero-order valence-corrected chi connectivity index (χ0v) is 17.2. The van der Waals surface area contributed by atoms with Gasteiger partial charge in [-0.25, -0.2) is 8.42 Å². The van der Waals surface area contributed by atoms with Gasteiger partial charge < -0.3 is 10.1 Å². The second-order valence-corrected chi connectivity index (χ2v) is 9.53. The first-order valence-corrected chi connectivity index (χ1v) is 11.2. The van der Waals surface area contributed by atoms with Crippen LogP contribution >= 0.6 is 0 Å². The Hall–Kier alpha value is -2.44. The van der Waals surface area contributed by atoms with Gasteiger partial charge in [-0.05, 0) is 57.6 Å². The Labute approximate surface area is 170 Å². The first-order valence-electron chi connectivity index (χ1n) is 9.75. The van der Waals surface area contributed by atoms with Gasteiger partial charge in [0.1, 0.15) is 11.6 Å². The molecule has 0 unspecified atom stereocenters. The van der Waals surface area contributed by atoms with E-state index in [1.807, 2.05) is 6.92 Å². The maximum atomic E-state index is 12.9. The summed E-state index contributed by atoms with van der Waals surface area (Å²) in [6.45, 7) is 1.55. The Bertz CT molecular complexity index is 914.